The zero-order valence-electron chi connectivity index (χ0n) is 11.9. The van der Waals surface area contributed by atoms with Crippen LogP contribution in [0.25, 0.3) is 0 Å². The maximum Gasteiger partial charge on any atom is 0.180 e. The molecule has 2 heterocycles. The van der Waals surface area contributed by atoms with Crippen molar-refractivity contribution in [3.8, 4) is 5.75 Å². The lowest BCUT2D eigenvalue weighted by atomic mass is 10.2. The van der Waals surface area contributed by atoms with Crippen molar-refractivity contribution >= 4 is 16.5 Å². The van der Waals surface area contributed by atoms with Crippen LogP contribution in [0.15, 0.2) is 30.5 Å². The van der Waals surface area contributed by atoms with Gasteiger partial charge in [-0.2, -0.15) is 0 Å². The highest BCUT2D eigenvalue weighted by molar-refractivity contribution is 7.15. The van der Waals surface area contributed by atoms with Crippen LogP contribution in [0.5, 0.6) is 5.75 Å². The molecule has 0 radical (unpaired) electrons. The lowest BCUT2D eigenvalue weighted by Crippen LogP contribution is -2.45. The van der Waals surface area contributed by atoms with Gasteiger partial charge in [-0.15, -0.1) is 11.3 Å². The molecule has 0 bridgehead atoms. The summed E-state index contributed by atoms with van der Waals surface area (Å²) >= 11 is 1.57. The van der Waals surface area contributed by atoms with Crippen LogP contribution < -0.4 is 5.73 Å². The summed E-state index contributed by atoms with van der Waals surface area (Å²) in [5.41, 5.74) is 6.83. The lowest BCUT2D eigenvalue weighted by molar-refractivity contribution is 0.122. The van der Waals surface area contributed by atoms with Gasteiger partial charge < -0.3 is 10.8 Å². The number of nitrogen functional groups attached to an aromatic ring is 1. The van der Waals surface area contributed by atoms with Gasteiger partial charge >= 0.3 is 0 Å². The van der Waals surface area contributed by atoms with Crippen molar-refractivity contribution in [3.05, 3.63) is 40.9 Å². The molecule has 0 saturated carbocycles. The van der Waals surface area contributed by atoms with Gasteiger partial charge in [-0.05, 0) is 17.7 Å². The Hall–Kier alpha value is -1.63. The van der Waals surface area contributed by atoms with Crippen LogP contribution in [0.1, 0.15) is 10.4 Å². The molecule has 3 rings (SSSR count). The highest BCUT2D eigenvalue weighted by Gasteiger charge is 2.17. The summed E-state index contributed by atoms with van der Waals surface area (Å²) in [7, 11) is 0. The highest BCUT2D eigenvalue weighted by Crippen LogP contribution is 2.18. The molecule has 5 nitrogen and oxygen atoms in total. The smallest absolute Gasteiger partial charge is 0.180 e. The second-order valence-corrected chi connectivity index (χ2v) is 6.53. The summed E-state index contributed by atoms with van der Waals surface area (Å²) in [5, 5.41) is 10.2. The van der Waals surface area contributed by atoms with E-state index in [0.717, 1.165) is 39.3 Å². The molecule has 1 aliphatic rings. The number of anilines is 1. The average molecular weight is 304 g/mol. The van der Waals surface area contributed by atoms with E-state index in [0.29, 0.717) is 10.9 Å². The minimum atomic E-state index is 0.342. The summed E-state index contributed by atoms with van der Waals surface area (Å²) in [6.45, 7) is 6.03. The monoisotopic (exact) mass is 304 g/mol. The summed E-state index contributed by atoms with van der Waals surface area (Å²) in [6.07, 6.45) is 1.87. The first-order valence-corrected chi connectivity index (χ1v) is 7.93. The Kier molecular flexibility index (Phi) is 4.38. The number of hydrogen-bond donors (Lipinski definition) is 2. The zero-order chi connectivity index (χ0) is 14.7. The van der Waals surface area contributed by atoms with Crippen LogP contribution in [0.4, 0.5) is 5.13 Å². The molecule has 3 N–H and O–H groups in total. The molecule has 1 aliphatic heterocycles. The molecule has 1 aromatic carbocycles. The van der Waals surface area contributed by atoms with E-state index in [9.17, 15) is 5.11 Å². The number of nitrogens with two attached hydrogens (primary N) is 1. The third kappa shape index (κ3) is 3.93. The number of phenols is 1. The first-order valence-electron chi connectivity index (χ1n) is 7.12. The van der Waals surface area contributed by atoms with Gasteiger partial charge in [-0.25, -0.2) is 4.98 Å². The second-order valence-electron chi connectivity index (χ2n) is 5.39. The van der Waals surface area contributed by atoms with Crippen LogP contribution in [-0.4, -0.2) is 46.1 Å². The van der Waals surface area contributed by atoms with Gasteiger partial charge in [-0.1, -0.05) is 12.1 Å². The normalized spacial score (nSPS) is 17.1. The molecule has 0 unspecified atom stereocenters. The lowest BCUT2D eigenvalue weighted by Gasteiger charge is -2.34. The molecule has 0 amide bonds. The Morgan fingerprint density at radius 3 is 2.48 bits per heavy atom. The topological polar surface area (TPSA) is 65.6 Å². The Balaban J connectivity index is 1.48. The van der Waals surface area contributed by atoms with Gasteiger partial charge in [0.2, 0.25) is 0 Å². The van der Waals surface area contributed by atoms with E-state index in [1.165, 1.54) is 10.4 Å². The fourth-order valence-electron chi connectivity index (χ4n) is 2.63. The number of phenolic OH excluding ortho intramolecular Hbond substituents is 1. The van der Waals surface area contributed by atoms with Crippen LogP contribution in [0, 0.1) is 0 Å². The molecule has 2 aromatic rings. The Bertz CT molecular complexity index is 593. The molecule has 1 aromatic heterocycles. The molecular formula is C15H20N4OS. The number of aromatic hydroxyl groups is 1. The summed E-state index contributed by atoms with van der Waals surface area (Å²) < 4.78 is 0. The van der Waals surface area contributed by atoms with E-state index in [1.807, 2.05) is 18.3 Å². The van der Waals surface area contributed by atoms with Crippen LogP contribution in [0.2, 0.25) is 0 Å². The van der Waals surface area contributed by atoms with Crippen molar-refractivity contribution in [1.82, 2.24) is 14.8 Å². The summed E-state index contributed by atoms with van der Waals surface area (Å²) in [6, 6.07) is 7.51. The number of nitrogens with zero attached hydrogens (tertiary/aromatic N) is 3. The van der Waals surface area contributed by atoms with Gasteiger partial charge in [0.05, 0.1) is 0 Å². The van der Waals surface area contributed by atoms with Gasteiger partial charge in [0.25, 0.3) is 0 Å². The van der Waals surface area contributed by atoms with Gasteiger partial charge in [0, 0.05) is 50.3 Å². The van der Waals surface area contributed by atoms with Crippen molar-refractivity contribution in [2.45, 2.75) is 13.1 Å². The molecule has 0 aliphatic carbocycles. The molecule has 1 fully saturated rings. The predicted octanol–water partition coefficient (Wildman–Crippen LogP) is 1.75. The van der Waals surface area contributed by atoms with Crippen LogP contribution >= 0.6 is 11.3 Å². The van der Waals surface area contributed by atoms with Gasteiger partial charge in [-0.3, -0.25) is 9.80 Å². The molecule has 112 valence electrons. The fourth-order valence-corrected chi connectivity index (χ4v) is 3.36. The minimum absolute atomic E-state index is 0.342. The average Bonchev–Trinajstić information content (AvgIpc) is 2.86. The number of thiazole rings is 1. The van der Waals surface area contributed by atoms with Crippen molar-refractivity contribution in [3.63, 3.8) is 0 Å². The Morgan fingerprint density at radius 1 is 1.14 bits per heavy atom. The second kappa shape index (κ2) is 6.43. The van der Waals surface area contributed by atoms with E-state index in [2.05, 4.69) is 20.9 Å². The Morgan fingerprint density at radius 2 is 1.86 bits per heavy atom. The summed E-state index contributed by atoms with van der Waals surface area (Å²) in [4.78, 5) is 10.2. The Labute approximate surface area is 128 Å². The molecule has 0 atom stereocenters. The van der Waals surface area contributed by atoms with Crippen molar-refractivity contribution < 1.29 is 5.11 Å². The SMILES string of the molecule is Nc1ncc(CN2CCN(Cc3cccc(O)c3)CC2)s1. The third-order valence-electron chi connectivity index (χ3n) is 3.73. The minimum Gasteiger partial charge on any atom is -0.508 e. The van der Waals surface area contributed by atoms with Crippen LogP contribution in [0.3, 0.4) is 0 Å². The predicted molar refractivity (Wildman–Crippen MR) is 85.2 cm³/mol. The molecule has 21 heavy (non-hydrogen) atoms. The molecule has 6 heteroatoms. The molecule has 0 spiro atoms. The number of hydrogen-bond acceptors (Lipinski definition) is 6. The maximum absolute atomic E-state index is 9.51. The molecular weight excluding hydrogens is 284 g/mol. The van der Waals surface area contributed by atoms with E-state index in [1.54, 1.807) is 17.4 Å². The molecule has 1 saturated heterocycles. The van der Waals surface area contributed by atoms with Gasteiger partial charge in [0.15, 0.2) is 5.13 Å². The van der Waals surface area contributed by atoms with Crippen molar-refractivity contribution in [2.24, 2.45) is 0 Å². The highest BCUT2D eigenvalue weighted by atomic mass is 32.1. The standard InChI is InChI=1S/C15H20N4OS/c16-15-17-9-14(21-15)11-19-6-4-18(5-7-19)10-12-2-1-3-13(20)8-12/h1-3,8-9,20H,4-7,10-11H2,(H2,16,17). The van der Waals surface area contributed by atoms with E-state index < -0.39 is 0 Å². The summed E-state index contributed by atoms with van der Waals surface area (Å²) in [5.74, 6) is 0.342. The first-order chi connectivity index (χ1) is 10.2. The quantitative estimate of drug-likeness (QED) is 0.901. The van der Waals surface area contributed by atoms with E-state index >= 15 is 0 Å². The zero-order valence-corrected chi connectivity index (χ0v) is 12.7. The van der Waals surface area contributed by atoms with Gasteiger partial charge in [0.1, 0.15) is 5.75 Å². The third-order valence-corrected chi connectivity index (χ3v) is 4.54. The van der Waals surface area contributed by atoms with E-state index in [-0.39, 0.29) is 0 Å². The van der Waals surface area contributed by atoms with E-state index in [4.69, 9.17) is 5.73 Å². The number of aromatic nitrogens is 1. The largest absolute Gasteiger partial charge is 0.508 e. The fraction of sp³-hybridized carbons (Fsp3) is 0.400. The number of piperazine rings is 1. The maximum atomic E-state index is 9.51. The van der Waals surface area contributed by atoms with Crippen molar-refractivity contribution in [2.75, 3.05) is 31.9 Å². The first kappa shape index (κ1) is 14.3. The van der Waals surface area contributed by atoms with Crippen LogP contribution in [-0.2, 0) is 13.1 Å². The van der Waals surface area contributed by atoms with Crippen molar-refractivity contribution in [1.29, 1.82) is 0 Å². The number of benzene rings is 1. The number of rotatable bonds is 4.